The monoisotopic (exact) mass is 374 g/mol. The van der Waals surface area contributed by atoms with E-state index in [9.17, 15) is 4.79 Å². The summed E-state index contributed by atoms with van der Waals surface area (Å²) in [7, 11) is 1.62. The number of hydrogen-bond donors (Lipinski definition) is 1. The standard InChI is InChI=1S/C18H18N2O3S2/c1-22-13-4-6-14(7-5-13)23-10-9-17(21)19-12-3-8-15-16(11-12)25-18(20-15)24-2/h3-8,11H,9-10H2,1-2H3,(H,19,21). The maximum Gasteiger partial charge on any atom is 0.227 e. The van der Waals surface area contributed by atoms with E-state index in [1.165, 1.54) is 0 Å². The summed E-state index contributed by atoms with van der Waals surface area (Å²) in [6.45, 7) is 0.317. The van der Waals surface area contributed by atoms with Crippen molar-refractivity contribution in [2.75, 3.05) is 25.3 Å². The number of rotatable bonds is 7. The Morgan fingerprint density at radius 3 is 2.68 bits per heavy atom. The highest BCUT2D eigenvalue weighted by atomic mass is 32.2. The minimum absolute atomic E-state index is 0.0810. The van der Waals surface area contributed by atoms with Gasteiger partial charge < -0.3 is 14.8 Å². The van der Waals surface area contributed by atoms with Gasteiger partial charge in [-0.2, -0.15) is 0 Å². The van der Waals surface area contributed by atoms with Gasteiger partial charge in [0.25, 0.3) is 0 Å². The van der Waals surface area contributed by atoms with E-state index >= 15 is 0 Å². The maximum atomic E-state index is 12.1. The molecule has 3 rings (SSSR count). The number of anilines is 1. The van der Waals surface area contributed by atoms with Gasteiger partial charge in [0, 0.05) is 5.69 Å². The van der Waals surface area contributed by atoms with Crippen molar-refractivity contribution in [1.29, 1.82) is 0 Å². The van der Waals surface area contributed by atoms with E-state index in [-0.39, 0.29) is 12.3 Å². The van der Waals surface area contributed by atoms with Crippen LogP contribution < -0.4 is 14.8 Å². The number of amides is 1. The van der Waals surface area contributed by atoms with Crippen LogP contribution in [0.4, 0.5) is 5.69 Å². The van der Waals surface area contributed by atoms with Crippen LogP contribution in [0.5, 0.6) is 11.5 Å². The van der Waals surface area contributed by atoms with Gasteiger partial charge in [0.1, 0.15) is 11.5 Å². The number of nitrogens with zero attached hydrogens (tertiary/aromatic N) is 1. The van der Waals surface area contributed by atoms with Crippen molar-refractivity contribution in [3.8, 4) is 11.5 Å². The number of hydrogen-bond acceptors (Lipinski definition) is 6. The second-order valence-electron chi connectivity index (χ2n) is 5.19. The van der Waals surface area contributed by atoms with Crippen LogP contribution in [0, 0.1) is 0 Å². The lowest BCUT2D eigenvalue weighted by atomic mass is 10.3. The fraction of sp³-hybridized carbons (Fsp3) is 0.222. The lowest BCUT2D eigenvalue weighted by molar-refractivity contribution is -0.116. The Kier molecular flexibility index (Phi) is 5.78. The number of carbonyl (C=O) groups excluding carboxylic acids is 1. The summed E-state index contributed by atoms with van der Waals surface area (Å²) in [6.07, 6.45) is 2.28. The van der Waals surface area contributed by atoms with Crippen LogP contribution in [0.2, 0.25) is 0 Å². The highest BCUT2D eigenvalue weighted by Crippen LogP contribution is 2.30. The van der Waals surface area contributed by atoms with Crippen molar-refractivity contribution in [3.05, 3.63) is 42.5 Å². The number of aromatic nitrogens is 1. The first-order valence-corrected chi connectivity index (χ1v) is 9.73. The highest BCUT2D eigenvalue weighted by molar-refractivity contribution is 8.00. The zero-order valence-electron chi connectivity index (χ0n) is 13.9. The Morgan fingerprint density at radius 1 is 1.20 bits per heavy atom. The average Bonchev–Trinajstić information content (AvgIpc) is 3.05. The third kappa shape index (κ3) is 4.64. The van der Waals surface area contributed by atoms with Crippen LogP contribution in [0.25, 0.3) is 10.2 Å². The molecule has 2 aromatic carbocycles. The quantitative estimate of drug-likeness (QED) is 0.620. The summed E-state index contributed by atoms with van der Waals surface area (Å²) < 4.78 is 12.8. The molecule has 5 nitrogen and oxygen atoms in total. The summed E-state index contributed by atoms with van der Waals surface area (Å²) in [5.41, 5.74) is 1.73. The van der Waals surface area contributed by atoms with Crippen molar-refractivity contribution in [1.82, 2.24) is 4.98 Å². The summed E-state index contributed by atoms with van der Waals surface area (Å²) in [6, 6.07) is 13.0. The topological polar surface area (TPSA) is 60.5 Å². The molecule has 1 aromatic heterocycles. The molecule has 0 aliphatic heterocycles. The molecule has 25 heavy (non-hydrogen) atoms. The predicted molar refractivity (Wildman–Crippen MR) is 103 cm³/mol. The zero-order chi connectivity index (χ0) is 17.6. The predicted octanol–water partition coefficient (Wildman–Crippen LogP) is 4.43. The number of methoxy groups -OCH3 is 1. The van der Waals surface area contributed by atoms with Crippen LogP contribution >= 0.6 is 23.1 Å². The first-order valence-electron chi connectivity index (χ1n) is 7.69. The van der Waals surface area contributed by atoms with E-state index in [4.69, 9.17) is 9.47 Å². The van der Waals surface area contributed by atoms with Crippen molar-refractivity contribution >= 4 is 44.9 Å². The Balaban J connectivity index is 1.51. The molecule has 3 aromatic rings. The molecule has 7 heteroatoms. The van der Waals surface area contributed by atoms with Crippen LogP contribution in [-0.2, 0) is 4.79 Å². The van der Waals surface area contributed by atoms with E-state index in [1.54, 1.807) is 30.2 Å². The largest absolute Gasteiger partial charge is 0.497 e. The van der Waals surface area contributed by atoms with Crippen LogP contribution in [-0.4, -0.2) is 30.9 Å². The molecule has 0 saturated heterocycles. The van der Waals surface area contributed by atoms with Gasteiger partial charge in [-0.1, -0.05) is 11.8 Å². The lowest BCUT2D eigenvalue weighted by Gasteiger charge is -2.08. The Labute approximate surface area is 154 Å². The molecular weight excluding hydrogens is 356 g/mol. The molecule has 0 bridgehead atoms. The molecule has 0 spiro atoms. The van der Waals surface area contributed by atoms with Gasteiger partial charge in [-0.3, -0.25) is 4.79 Å². The number of benzene rings is 2. The van der Waals surface area contributed by atoms with Crippen molar-refractivity contribution in [2.45, 2.75) is 10.8 Å². The third-order valence-corrected chi connectivity index (χ3v) is 5.49. The second-order valence-corrected chi connectivity index (χ2v) is 7.27. The molecule has 130 valence electrons. The minimum Gasteiger partial charge on any atom is -0.497 e. The third-order valence-electron chi connectivity index (χ3n) is 3.48. The molecule has 1 N–H and O–H groups in total. The Morgan fingerprint density at radius 2 is 1.96 bits per heavy atom. The molecule has 0 saturated carbocycles. The van der Waals surface area contributed by atoms with Gasteiger partial charge in [0.05, 0.1) is 30.4 Å². The van der Waals surface area contributed by atoms with E-state index in [0.717, 1.165) is 26.0 Å². The van der Waals surface area contributed by atoms with Crippen molar-refractivity contribution in [3.63, 3.8) is 0 Å². The normalized spacial score (nSPS) is 10.6. The average molecular weight is 374 g/mol. The summed E-state index contributed by atoms with van der Waals surface area (Å²) >= 11 is 3.24. The van der Waals surface area contributed by atoms with Gasteiger partial charge >= 0.3 is 0 Å². The molecule has 0 unspecified atom stereocenters. The first kappa shape index (κ1) is 17.6. The fourth-order valence-electron chi connectivity index (χ4n) is 2.23. The highest BCUT2D eigenvalue weighted by Gasteiger charge is 2.07. The SMILES string of the molecule is COc1ccc(OCCC(=O)Nc2ccc3nc(SC)sc3c2)cc1. The smallest absolute Gasteiger partial charge is 0.227 e. The van der Waals surface area contributed by atoms with E-state index in [2.05, 4.69) is 10.3 Å². The van der Waals surface area contributed by atoms with Gasteiger partial charge in [-0.05, 0) is 48.7 Å². The molecule has 1 amide bonds. The number of fused-ring (bicyclic) bond motifs is 1. The van der Waals surface area contributed by atoms with E-state index < -0.39 is 0 Å². The molecule has 1 heterocycles. The first-order chi connectivity index (χ1) is 12.2. The fourth-order valence-corrected chi connectivity index (χ4v) is 3.75. The lowest BCUT2D eigenvalue weighted by Crippen LogP contribution is -2.15. The van der Waals surface area contributed by atoms with Gasteiger partial charge in [0.2, 0.25) is 5.91 Å². The van der Waals surface area contributed by atoms with Crippen LogP contribution in [0.1, 0.15) is 6.42 Å². The zero-order valence-corrected chi connectivity index (χ0v) is 15.6. The molecule has 0 aliphatic carbocycles. The van der Waals surface area contributed by atoms with E-state index in [0.29, 0.717) is 12.4 Å². The molecule has 0 atom stereocenters. The van der Waals surface area contributed by atoms with Crippen LogP contribution in [0.15, 0.2) is 46.8 Å². The summed E-state index contributed by atoms with van der Waals surface area (Å²) in [5.74, 6) is 1.40. The number of thiazole rings is 1. The maximum absolute atomic E-state index is 12.1. The molecule has 0 radical (unpaired) electrons. The summed E-state index contributed by atoms with van der Waals surface area (Å²) in [5, 5.41) is 2.90. The van der Waals surface area contributed by atoms with E-state index in [1.807, 2.05) is 48.7 Å². The second kappa shape index (κ2) is 8.22. The van der Waals surface area contributed by atoms with Gasteiger partial charge in [-0.25, -0.2) is 4.98 Å². The van der Waals surface area contributed by atoms with Crippen molar-refractivity contribution < 1.29 is 14.3 Å². The van der Waals surface area contributed by atoms with Gasteiger partial charge in [0.15, 0.2) is 4.34 Å². The Hall–Kier alpha value is -2.25. The number of nitrogens with one attached hydrogen (secondary N) is 1. The number of ether oxygens (including phenoxy) is 2. The summed E-state index contributed by atoms with van der Waals surface area (Å²) in [4.78, 5) is 16.6. The van der Waals surface area contributed by atoms with Gasteiger partial charge in [-0.15, -0.1) is 11.3 Å². The number of thioether (sulfide) groups is 1. The molecule has 0 fully saturated rings. The van der Waals surface area contributed by atoms with Crippen LogP contribution in [0.3, 0.4) is 0 Å². The molecule has 0 aliphatic rings. The minimum atomic E-state index is -0.0810. The Bertz CT molecular complexity index is 862. The number of carbonyl (C=O) groups is 1. The molecular formula is C18H18N2O3S2. The van der Waals surface area contributed by atoms with Crippen molar-refractivity contribution in [2.24, 2.45) is 0 Å².